The number of amides is 2. The van der Waals surface area contributed by atoms with Gasteiger partial charge in [0.1, 0.15) is 6.04 Å². The predicted molar refractivity (Wildman–Crippen MR) is 66.0 cm³/mol. The topological polar surface area (TPSA) is 86.7 Å². The van der Waals surface area contributed by atoms with Crippen LogP contribution in [0.4, 0.5) is 0 Å². The molecule has 6 heteroatoms. The number of benzene rings is 1. The molecule has 2 N–H and O–H groups in total. The molecule has 100 valence electrons. The van der Waals surface area contributed by atoms with E-state index in [0.717, 1.165) is 5.56 Å². The van der Waals surface area contributed by atoms with Gasteiger partial charge in [0.15, 0.2) is 0 Å². The third-order valence-corrected chi connectivity index (χ3v) is 2.87. The first-order valence-electron chi connectivity index (χ1n) is 5.90. The van der Waals surface area contributed by atoms with Gasteiger partial charge in [-0.25, -0.2) is 0 Å². The maximum Gasteiger partial charge on any atom is 0.305 e. The van der Waals surface area contributed by atoms with Crippen LogP contribution in [0.3, 0.4) is 0 Å². The lowest BCUT2D eigenvalue weighted by Gasteiger charge is -2.31. The van der Waals surface area contributed by atoms with Crippen molar-refractivity contribution in [2.24, 2.45) is 0 Å². The summed E-state index contributed by atoms with van der Waals surface area (Å²) in [5.41, 5.74) is 0.902. The molecule has 0 aromatic heterocycles. The van der Waals surface area contributed by atoms with E-state index in [4.69, 9.17) is 5.11 Å². The summed E-state index contributed by atoms with van der Waals surface area (Å²) in [4.78, 5) is 35.6. The fourth-order valence-electron chi connectivity index (χ4n) is 2.02. The van der Waals surface area contributed by atoms with Crippen molar-refractivity contribution < 1.29 is 19.5 Å². The summed E-state index contributed by atoms with van der Waals surface area (Å²) >= 11 is 0. The quantitative estimate of drug-likeness (QED) is 0.799. The first kappa shape index (κ1) is 13.1. The zero-order valence-electron chi connectivity index (χ0n) is 10.2. The van der Waals surface area contributed by atoms with Crippen LogP contribution in [0.25, 0.3) is 0 Å². The molecule has 1 heterocycles. The van der Waals surface area contributed by atoms with E-state index in [2.05, 4.69) is 5.32 Å². The highest BCUT2D eigenvalue weighted by atomic mass is 16.4. The van der Waals surface area contributed by atoms with Gasteiger partial charge in [0.05, 0.1) is 13.0 Å². The fourth-order valence-corrected chi connectivity index (χ4v) is 2.02. The molecule has 1 aromatic rings. The number of rotatable bonds is 4. The average Bonchev–Trinajstić information content (AvgIpc) is 2.35. The van der Waals surface area contributed by atoms with Gasteiger partial charge in [-0.1, -0.05) is 30.3 Å². The van der Waals surface area contributed by atoms with Crippen LogP contribution in [-0.2, 0) is 20.9 Å². The molecule has 0 radical (unpaired) electrons. The van der Waals surface area contributed by atoms with Crippen LogP contribution < -0.4 is 5.32 Å². The Bertz CT molecular complexity index is 499. The van der Waals surface area contributed by atoms with Crippen molar-refractivity contribution in [1.29, 1.82) is 0 Å². The molecule has 1 aromatic carbocycles. The van der Waals surface area contributed by atoms with Crippen molar-refractivity contribution in [3.05, 3.63) is 35.9 Å². The second kappa shape index (κ2) is 5.51. The van der Waals surface area contributed by atoms with Crippen LogP contribution in [0, 0.1) is 0 Å². The molecule has 0 saturated carbocycles. The summed E-state index contributed by atoms with van der Waals surface area (Å²) in [6.45, 7) is 0.271. The molecule has 1 fully saturated rings. The molecule has 2 amide bonds. The van der Waals surface area contributed by atoms with Crippen molar-refractivity contribution >= 4 is 17.8 Å². The van der Waals surface area contributed by atoms with Crippen LogP contribution in [-0.4, -0.2) is 40.4 Å². The van der Waals surface area contributed by atoms with Crippen LogP contribution in [0.1, 0.15) is 12.0 Å². The van der Waals surface area contributed by atoms with E-state index in [0.29, 0.717) is 6.54 Å². The van der Waals surface area contributed by atoms with Crippen molar-refractivity contribution in [2.75, 3.05) is 6.54 Å². The number of nitrogens with one attached hydrogen (secondary N) is 1. The predicted octanol–water partition coefficient (Wildman–Crippen LogP) is -0.0117. The molecule has 1 aliphatic heterocycles. The van der Waals surface area contributed by atoms with E-state index < -0.39 is 18.4 Å². The lowest BCUT2D eigenvalue weighted by atomic mass is 10.1. The standard InChI is InChI=1S/C13H14N2O4/c16-11-8-15(7-9-4-2-1-3-5-9)13(19)10(14-11)6-12(17)18/h1-5,10H,6-8H2,(H,14,16)(H,17,18). The van der Waals surface area contributed by atoms with Gasteiger partial charge in [-0.05, 0) is 5.56 Å². The Balaban J connectivity index is 2.09. The minimum Gasteiger partial charge on any atom is -0.481 e. The van der Waals surface area contributed by atoms with Crippen LogP contribution in [0.2, 0.25) is 0 Å². The summed E-state index contributed by atoms with van der Waals surface area (Å²) in [5, 5.41) is 11.1. The molecule has 0 bridgehead atoms. The molecule has 1 unspecified atom stereocenters. The number of hydrogen-bond donors (Lipinski definition) is 2. The largest absolute Gasteiger partial charge is 0.481 e. The highest BCUT2D eigenvalue weighted by Gasteiger charge is 2.33. The molecule has 1 atom stereocenters. The van der Waals surface area contributed by atoms with Gasteiger partial charge >= 0.3 is 5.97 Å². The van der Waals surface area contributed by atoms with E-state index in [9.17, 15) is 14.4 Å². The minimum atomic E-state index is -1.11. The van der Waals surface area contributed by atoms with E-state index in [1.54, 1.807) is 0 Å². The van der Waals surface area contributed by atoms with Crippen molar-refractivity contribution in [1.82, 2.24) is 10.2 Å². The first-order valence-corrected chi connectivity index (χ1v) is 5.90. The highest BCUT2D eigenvalue weighted by Crippen LogP contribution is 2.11. The number of carboxylic acids is 1. The van der Waals surface area contributed by atoms with Crippen LogP contribution in [0.15, 0.2) is 30.3 Å². The number of carbonyl (C=O) groups excluding carboxylic acids is 2. The fraction of sp³-hybridized carbons (Fsp3) is 0.308. The van der Waals surface area contributed by atoms with Gasteiger partial charge in [-0.3, -0.25) is 14.4 Å². The number of piperazine rings is 1. The van der Waals surface area contributed by atoms with E-state index in [1.807, 2.05) is 30.3 Å². The molecule has 1 saturated heterocycles. The highest BCUT2D eigenvalue weighted by molar-refractivity contribution is 5.96. The van der Waals surface area contributed by atoms with Gasteiger partial charge in [0.25, 0.3) is 0 Å². The lowest BCUT2D eigenvalue weighted by molar-refractivity contribution is -0.148. The zero-order valence-corrected chi connectivity index (χ0v) is 10.2. The number of nitrogens with zero attached hydrogens (tertiary/aromatic N) is 1. The third-order valence-electron chi connectivity index (χ3n) is 2.87. The molecular weight excluding hydrogens is 248 g/mol. The van der Waals surface area contributed by atoms with Gasteiger partial charge in [0.2, 0.25) is 11.8 Å². The first-order chi connectivity index (χ1) is 9.06. The van der Waals surface area contributed by atoms with E-state index in [1.165, 1.54) is 4.90 Å². The second-order valence-electron chi connectivity index (χ2n) is 4.40. The zero-order chi connectivity index (χ0) is 13.8. The smallest absolute Gasteiger partial charge is 0.305 e. The third kappa shape index (κ3) is 3.31. The molecule has 19 heavy (non-hydrogen) atoms. The van der Waals surface area contributed by atoms with E-state index >= 15 is 0 Å². The average molecular weight is 262 g/mol. The maximum atomic E-state index is 12.1. The second-order valence-corrected chi connectivity index (χ2v) is 4.40. The number of hydrogen-bond acceptors (Lipinski definition) is 3. The Hall–Kier alpha value is -2.37. The lowest BCUT2D eigenvalue weighted by Crippen LogP contribution is -2.58. The summed E-state index contributed by atoms with van der Waals surface area (Å²) in [6, 6.07) is 8.29. The summed E-state index contributed by atoms with van der Waals surface area (Å²) in [7, 11) is 0. The number of carboxylic acid groups (broad SMARTS) is 1. The Morgan fingerprint density at radius 2 is 2.00 bits per heavy atom. The number of aliphatic carboxylic acids is 1. The van der Waals surface area contributed by atoms with Gasteiger partial charge in [0, 0.05) is 6.54 Å². The summed E-state index contributed by atoms with van der Waals surface area (Å²) in [5.74, 6) is -1.80. The van der Waals surface area contributed by atoms with Gasteiger partial charge < -0.3 is 15.3 Å². The molecule has 0 aliphatic carbocycles. The molecule has 6 nitrogen and oxygen atoms in total. The monoisotopic (exact) mass is 262 g/mol. The van der Waals surface area contributed by atoms with Gasteiger partial charge in [-0.15, -0.1) is 0 Å². The van der Waals surface area contributed by atoms with Crippen molar-refractivity contribution in [2.45, 2.75) is 19.0 Å². The van der Waals surface area contributed by atoms with Crippen LogP contribution >= 0.6 is 0 Å². The minimum absolute atomic E-state index is 0.0379. The van der Waals surface area contributed by atoms with Gasteiger partial charge in [-0.2, -0.15) is 0 Å². The Labute approximate surface area is 110 Å². The normalized spacial score (nSPS) is 19.2. The Morgan fingerprint density at radius 3 is 2.63 bits per heavy atom. The Morgan fingerprint density at radius 1 is 1.32 bits per heavy atom. The molecule has 2 rings (SSSR count). The van der Waals surface area contributed by atoms with E-state index in [-0.39, 0.29) is 18.4 Å². The SMILES string of the molecule is O=C(O)CC1NC(=O)CN(Cc2ccccc2)C1=O. The maximum absolute atomic E-state index is 12.1. The summed E-state index contributed by atoms with van der Waals surface area (Å²) < 4.78 is 0. The van der Waals surface area contributed by atoms with Crippen molar-refractivity contribution in [3.8, 4) is 0 Å². The Kier molecular flexibility index (Phi) is 3.79. The molecule has 1 aliphatic rings. The molecular formula is C13H14N2O4. The summed E-state index contributed by atoms with van der Waals surface area (Å²) in [6.07, 6.45) is -0.393. The van der Waals surface area contributed by atoms with Crippen LogP contribution in [0.5, 0.6) is 0 Å². The van der Waals surface area contributed by atoms with Crippen molar-refractivity contribution in [3.63, 3.8) is 0 Å². The number of carbonyl (C=O) groups is 3. The molecule has 0 spiro atoms.